The summed E-state index contributed by atoms with van der Waals surface area (Å²) in [5, 5.41) is 1.87. The summed E-state index contributed by atoms with van der Waals surface area (Å²) < 4.78 is 27.8. The topological polar surface area (TPSA) is 62.0 Å². The van der Waals surface area contributed by atoms with Gasteiger partial charge in [-0.05, 0) is 29.8 Å². The molecule has 0 atom stereocenters. The van der Waals surface area contributed by atoms with Crippen molar-refractivity contribution >= 4 is 44.1 Å². The van der Waals surface area contributed by atoms with E-state index in [4.69, 9.17) is 23.2 Å². The van der Waals surface area contributed by atoms with Crippen LogP contribution in [0.15, 0.2) is 53.6 Å². The number of nitrogens with one attached hydrogen (secondary N) is 2. The minimum Gasteiger partial charge on any atom is -0.361 e. The maximum atomic E-state index is 12.6. The van der Waals surface area contributed by atoms with Crippen molar-refractivity contribution in [3.8, 4) is 0 Å². The average molecular weight is 397 g/mol. The zero-order valence-corrected chi connectivity index (χ0v) is 16.1. The molecule has 3 aromatic rings. The largest absolute Gasteiger partial charge is 0.361 e. The molecule has 7 heteroatoms. The molecular formula is C18H18Cl2N2O2S. The molecule has 0 saturated carbocycles. The Kier molecular flexibility index (Phi) is 4.86. The monoisotopic (exact) mass is 396 g/mol. The number of fused-ring (bicyclic) bond motifs is 1. The minimum atomic E-state index is -3.69. The van der Waals surface area contributed by atoms with Crippen LogP contribution in [0.3, 0.4) is 0 Å². The highest BCUT2D eigenvalue weighted by Gasteiger charge is 2.27. The second-order valence-electron chi connectivity index (χ2n) is 6.53. The highest BCUT2D eigenvalue weighted by atomic mass is 35.5. The van der Waals surface area contributed by atoms with E-state index in [2.05, 4.69) is 9.71 Å². The van der Waals surface area contributed by atoms with Crippen molar-refractivity contribution in [2.45, 2.75) is 24.2 Å². The Morgan fingerprint density at radius 2 is 1.84 bits per heavy atom. The van der Waals surface area contributed by atoms with Gasteiger partial charge < -0.3 is 4.98 Å². The van der Waals surface area contributed by atoms with Crippen molar-refractivity contribution in [1.82, 2.24) is 9.71 Å². The summed E-state index contributed by atoms with van der Waals surface area (Å²) in [6.45, 7) is 4.20. The first-order chi connectivity index (χ1) is 11.7. The van der Waals surface area contributed by atoms with Crippen LogP contribution in [-0.2, 0) is 15.4 Å². The van der Waals surface area contributed by atoms with Gasteiger partial charge >= 0.3 is 0 Å². The van der Waals surface area contributed by atoms with Crippen LogP contribution in [0, 0.1) is 0 Å². The zero-order valence-electron chi connectivity index (χ0n) is 13.8. The fraction of sp³-hybridized carbons (Fsp3) is 0.222. The van der Waals surface area contributed by atoms with E-state index in [1.165, 1.54) is 6.07 Å². The lowest BCUT2D eigenvalue weighted by Crippen LogP contribution is -2.36. The molecule has 0 unspecified atom stereocenters. The van der Waals surface area contributed by atoms with Gasteiger partial charge in [-0.1, -0.05) is 55.2 Å². The summed E-state index contributed by atoms with van der Waals surface area (Å²) in [5.41, 5.74) is 1.51. The fourth-order valence-electron chi connectivity index (χ4n) is 2.77. The van der Waals surface area contributed by atoms with Gasteiger partial charge in [-0.3, -0.25) is 0 Å². The van der Waals surface area contributed by atoms with Gasteiger partial charge in [0.05, 0.1) is 5.02 Å². The molecule has 4 nitrogen and oxygen atoms in total. The molecule has 0 radical (unpaired) electrons. The Bertz CT molecular complexity index is 1030. The Balaban J connectivity index is 1.87. The highest BCUT2D eigenvalue weighted by Crippen LogP contribution is 2.32. The fourth-order valence-corrected chi connectivity index (χ4v) is 4.67. The van der Waals surface area contributed by atoms with Gasteiger partial charge in [0, 0.05) is 34.1 Å². The molecule has 0 aliphatic carbocycles. The summed E-state index contributed by atoms with van der Waals surface area (Å²) in [7, 11) is -3.69. The first-order valence-electron chi connectivity index (χ1n) is 7.72. The SMILES string of the molecule is CC(C)(CNS(=O)(=O)c1ccccc1Cl)c1c[nH]c2cc(Cl)ccc12. The molecule has 1 heterocycles. The normalized spacial score (nSPS) is 12.6. The first-order valence-corrected chi connectivity index (χ1v) is 9.96. The number of aromatic amines is 1. The van der Waals surface area contributed by atoms with E-state index in [9.17, 15) is 8.42 Å². The number of H-pyrrole nitrogens is 1. The molecule has 0 aliphatic rings. The Labute approximate surface area is 157 Å². The summed E-state index contributed by atoms with van der Waals surface area (Å²) in [6.07, 6.45) is 1.89. The summed E-state index contributed by atoms with van der Waals surface area (Å²) in [5.74, 6) is 0. The molecule has 2 N–H and O–H groups in total. The van der Waals surface area contributed by atoms with Crippen LogP contribution in [0.25, 0.3) is 10.9 Å². The minimum absolute atomic E-state index is 0.0816. The molecule has 0 fully saturated rings. The molecule has 2 aromatic carbocycles. The second kappa shape index (κ2) is 6.65. The van der Waals surface area contributed by atoms with E-state index < -0.39 is 15.4 Å². The number of aromatic nitrogens is 1. The van der Waals surface area contributed by atoms with Crippen LogP contribution in [0.2, 0.25) is 10.0 Å². The van der Waals surface area contributed by atoms with Gasteiger partial charge in [-0.15, -0.1) is 0 Å². The predicted octanol–water partition coefficient (Wildman–Crippen LogP) is 4.73. The molecular weight excluding hydrogens is 379 g/mol. The third kappa shape index (κ3) is 3.70. The quantitative estimate of drug-likeness (QED) is 0.654. The van der Waals surface area contributed by atoms with Crippen LogP contribution in [0.4, 0.5) is 0 Å². The van der Waals surface area contributed by atoms with Gasteiger partial charge in [-0.2, -0.15) is 0 Å². The van der Waals surface area contributed by atoms with Crippen molar-refractivity contribution in [1.29, 1.82) is 0 Å². The maximum absolute atomic E-state index is 12.6. The van der Waals surface area contributed by atoms with E-state index in [-0.39, 0.29) is 16.5 Å². The Morgan fingerprint density at radius 1 is 1.12 bits per heavy atom. The van der Waals surface area contributed by atoms with Crippen LogP contribution in [0.1, 0.15) is 19.4 Å². The van der Waals surface area contributed by atoms with E-state index in [1.807, 2.05) is 38.2 Å². The van der Waals surface area contributed by atoms with Crippen molar-refractivity contribution < 1.29 is 8.42 Å². The predicted molar refractivity (Wildman–Crippen MR) is 103 cm³/mol. The number of hydrogen-bond acceptors (Lipinski definition) is 2. The summed E-state index contributed by atoms with van der Waals surface area (Å²) >= 11 is 12.0. The van der Waals surface area contributed by atoms with E-state index in [0.29, 0.717) is 5.02 Å². The molecule has 0 bridgehead atoms. The van der Waals surface area contributed by atoms with E-state index in [0.717, 1.165) is 16.5 Å². The van der Waals surface area contributed by atoms with Gasteiger partial charge in [0.1, 0.15) is 4.90 Å². The highest BCUT2D eigenvalue weighted by molar-refractivity contribution is 7.89. The number of halogens is 2. The van der Waals surface area contributed by atoms with Gasteiger partial charge in [0.2, 0.25) is 10.0 Å². The van der Waals surface area contributed by atoms with E-state index >= 15 is 0 Å². The van der Waals surface area contributed by atoms with Crippen LogP contribution in [0.5, 0.6) is 0 Å². The third-order valence-electron chi connectivity index (χ3n) is 4.20. The summed E-state index contributed by atoms with van der Waals surface area (Å²) in [6, 6.07) is 12.0. The molecule has 0 spiro atoms. The third-order valence-corrected chi connectivity index (χ3v) is 6.34. The van der Waals surface area contributed by atoms with Gasteiger partial charge in [-0.25, -0.2) is 13.1 Å². The molecule has 132 valence electrons. The average Bonchev–Trinajstić information content (AvgIpc) is 2.97. The smallest absolute Gasteiger partial charge is 0.242 e. The number of hydrogen-bond donors (Lipinski definition) is 2. The zero-order chi connectivity index (χ0) is 18.2. The number of sulfonamides is 1. The van der Waals surface area contributed by atoms with E-state index in [1.54, 1.807) is 18.2 Å². The van der Waals surface area contributed by atoms with Gasteiger partial charge in [0.15, 0.2) is 0 Å². The Morgan fingerprint density at radius 3 is 2.56 bits per heavy atom. The molecule has 0 amide bonds. The van der Waals surface area contributed by atoms with Crippen LogP contribution < -0.4 is 4.72 Å². The molecule has 3 rings (SSSR count). The van der Waals surface area contributed by atoms with Crippen molar-refractivity contribution in [3.63, 3.8) is 0 Å². The van der Waals surface area contributed by atoms with Crippen molar-refractivity contribution in [2.24, 2.45) is 0 Å². The number of benzene rings is 2. The summed E-state index contributed by atoms with van der Waals surface area (Å²) in [4.78, 5) is 3.27. The lowest BCUT2D eigenvalue weighted by molar-refractivity contribution is 0.505. The number of rotatable bonds is 5. The lowest BCUT2D eigenvalue weighted by atomic mass is 9.85. The molecule has 25 heavy (non-hydrogen) atoms. The Hall–Kier alpha value is -1.53. The molecule has 1 aromatic heterocycles. The second-order valence-corrected chi connectivity index (χ2v) is 9.11. The standard InChI is InChI=1S/C18H18Cl2N2O2S/c1-18(2,14-10-21-16-9-12(19)7-8-13(14)16)11-22-25(23,24)17-6-4-3-5-15(17)20/h3-10,21-22H,11H2,1-2H3. The van der Waals surface area contributed by atoms with Crippen molar-refractivity contribution in [2.75, 3.05) is 6.54 Å². The van der Waals surface area contributed by atoms with Crippen molar-refractivity contribution in [3.05, 3.63) is 64.3 Å². The molecule has 0 saturated heterocycles. The first kappa shape index (κ1) is 18.3. The maximum Gasteiger partial charge on any atom is 0.242 e. The molecule has 0 aliphatic heterocycles. The van der Waals surface area contributed by atoms with Gasteiger partial charge in [0.25, 0.3) is 0 Å². The van der Waals surface area contributed by atoms with Crippen LogP contribution >= 0.6 is 23.2 Å². The van der Waals surface area contributed by atoms with Crippen LogP contribution in [-0.4, -0.2) is 19.9 Å². The lowest BCUT2D eigenvalue weighted by Gasteiger charge is -2.25.